The fraction of sp³-hybridized carbons (Fsp3) is 0.727. The van der Waals surface area contributed by atoms with Gasteiger partial charge in [-0.05, 0) is 89.1 Å². The first-order chi connectivity index (χ1) is 53.9. The molecular weight excluding hydrogens is 1490 g/mol. The molecule has 2 saturated carbocycles. The quantitative estimate of drug-likeness (QED) is 0.0182. The minimum atomic E-state index is -2.51. The van der Waals surface area contributed by atoms with Crippen molar-refractivity contribution >= 4 is 81.2 Å². The summed E-state index contributed by atoms with van der Waals surface area (Å²) >= 11 is 0. The highest BCUT2D eigenvalue weighted by Crippen LogP contribution is 2.64. The highest BCUT2D eigenvalue weighted by atomic mass is 33.1. The van der Waals surface area contributed by atoms with E-state index in [0.29, 0.717) is 30.8 Å². The molecule has 2 aromatic carbocycles. The summed E-state index contributed by atoms with van der Waals surface area (Å²) in [6.45, 7) is 16.7. The number of amides is 1. The van der Waals surface area contributed by atoms with Crippen LogP contribution >= 0.6 is 21.6 Å². The van der Waals surface area contributed by atoms with Crippen molar-refractivity contribution in [2.75, 3.05) is 31.3 Å². The molecule has 25 heteroatoms. The van der Waals surface area contributed by atoms with Crippen molar-refractivity contribution in [3.63, 3.8) is 0 Å². The summed E-state index contributed by atoms with van der Waals surface area (Å²) in [6, 6.07) is 14.4. The molecule has 4 aliphatic rings. The van der Waals surface area contributed by atoms with Crippen LogP contribution in [0.25, 0.3) is 0 Å². The minimum absolute atomic E-state index is 0.0199. The molecule has 0 spiro atoms. The van der Waals surface area contributed by atoms with Gasteiger partial charge in [0.25, 0.3) is 0 Å². The van der Waals surface area contributed by atoms with Gasteiger partial charge in [-0.2, -0.15) is 0 Å². The van der Waals surface area contributed by atoms with Gasteiger partial charge in [0.15, 0.2) is 23.6 Å². The van der Waals surface area contributed by atoms with E-state index in [1.807, 2.05) is 0 Å². The number of carbonyl (C=O) groups excluding carboxylic acids is 10. The van der Waals surface area contributed by atoms with Crippen molar-refractivity contribution in [3.8, 4) is 0 Å². The summed E-state index contributed by atoms with van der Waals surface area (Å²) in [6.07, 6.45) is 18.4. The fourth-order valence-corrected chi connectivity index (χ4v) is 18.4. The number of esters is 8. The second-order valence-electron chi connectivity index (χ2n) is 32.9. The van der Waals surface area contributed by atoms with Gasteiger partial charge >= 0.3 is 53.8 Å². The van der Waals surface area contributed by atoms with Crippen LogP contribution in [-0.4, -0.2) is 161 Å². The Bertz CT molecular complexity index is 3320. The van der Waals surface area contributed by atoms with Gasteiger partial charge in [0.1, 0.15) is 48.8 Å². The summed E-state index contributed by atoms with van der Waals surface area (Å²) in [5.74, 6) is -7.87. The molecule has 634 valence electrons. The third kappa shape index (κ3) is 29.2. The van der Waals surface area contributed by atoms with E-state index in [4.69, 9.17) is 47.4 Å². The number of hydrogen-bond acceptors (Lipinski definition) is 24. The zero-order valence-electron chi connectivity index (χ0n) is 69.4. The summed E-state index contributed by atoms with van der Waals surface area (Å²) in [5, 5.41) is 29.2. The molecule has 11 atom stereocenters. The molecule has 1 aliphatic heterocycles. The normalized spacial score (nSPS) is 22.8. The Hall–Kier alpha value is -6.54. The number of hydrogen-bond donors (Lipinski definition) is 3. The number of benzene rings is 2. The van der Waals surface area contributed by atoms with Crippen LogP contribution in [0.1, 0.15) is 316 Å². The van der Waals surface area contributed by atoms with E-state index in [1.54, 1.807) is 83.1 Å². The highest BCUT2D eigenvalue weighted by molar-refractivity contribution is 8.76. The molecule has 1 amide bonds. The topological polar surface area (TPSA) is 315 Å². The predicted octanol–water partition coefficient (Wildman–Crippen LogP) is 17.3. The number of alkyl carbamates (subject to hydrolysis) is 1. The van der Waals surface area contributed by atoms with E-state index < -0.39 is 148 Å². The maximum atomic E-state index is 16.0. The van der Waals surface area contributed by atoms with E-state index in [0.717, 1.165) is 52.4 Å². The van der Waals surface area contributed by atoms with Crippen LogP contribution in [0.2, 0.25) is 0 Å². The number of Topliss-reactive ketones (excluding diaryl/α,β-unsaturated/α-hetero) is 1. The lowest BCUT2D eigenvalue weighted by Crippen LogP contribution is -2.82. The van der Waals surface area contributed by atoms with Crippen LogP contribution in [0.5, 0.6) is 0 Å². The van der Waals surface area contributed by atoms with Crippen molar-refractivity contribution in [2.45, 2.75) is 360 Å². The SMILES string of the molecule is CCCCCCCCCCCCCCCC(=O)OCC(COC(=O)CCCCCCCCCCCCCCC)OC(=O)CCCSSCCCC(=O)O[C@@H](C(=O)O[C@H]1C[C@@]2(O)[C@@H](OC(=O)c3ccccc3)[C@@H]3[C@]4(OC(C)=O)CO[C@@H]4C[C@H](O)[C@@]3(C)C(=O)[C@H](OC(C)=O)C(=C1C)C2(C)C)[C@@H](NC(=O)OC(C)(C)C)c1ccccc1. The minimum Gasteiger partial charge on any atom is -0.462 e. The number of ether oxygens (including phenoxy) is 10. The Labute approximate surface area is 679 Å². The average Bonchev–Trinajstić information content (AvgIpc) is 0.668. The van der Waals surface area contributed by atoms with Crippen LogP contribution < -0.4 is 5.32 Å². The van der Waals surface area contributed by atoms with Gasteiger partial charge in [0, 0.05) is 69.3 Å². The van der Waals surface area contributed by atoms with Gasteiger partial charge in [0.05, 0.1) is 29.6 Å². The molecule has 23 nitrogen and oxygen atoms in total. The number of unbranched alkanes of at least 4 members (excludes halogenated alkanes) is 24. The maximum Gasteiger partial charge on any atom is 0.408 e. The van der Waals surface area contributed by atoms with Gasteiger partial charge < -0.3 is 62.9 Å². The van der Waals surface area contributed by atoms with Crippen molar-refractivity contribution in [1.29, 1.82) is 0 Å². The molecular formula is C88H133NO22S2. The second-order valence-corrected chi connectivity index (χ2v) is 35.6. The monoisotopic (exact) mass is 1620 g/mol. The molecule has 2 aromatic rings. The second kappa shape index (κ2) is 48.2. The molecule has 3 fully saturated rings. The van der Waals surface area contributed by atoms with Crippen molar-refractivity contribution in [2.24, 2.45) is 16.7 Å². The molecule has 6 rings (SSSR count). The maximum absolute atomic E-state index is 16.0. The third-order valence-electron chi connectivity index (χ3n) is 22.5. The molecule has 3 aliphatic carbocycles. The molecule has 0 aromatic heterocycles. The van der Waals surface area contributed by atoms with Crippen molar-refractivity contribution < 1.29 is 106 Å². The van der Waals surface area contributed by atoms with Gasteiger partial charge in [-0.1, -0.05) is 252 Å². The van der Waals surface area contributed by atoms with Gasteiger partial charge in [0.2, 0.25) is 6.10 Å². The zero-order chi connectivity index (χ0) is 82.6. The number of nitrogens with one attached hydrogen (secondary N) is 1. The molecule has 1 saturated heterocycles. The van der Waals surface area contributed by atoms with Crippen LogP contribution in [0.4, 0.5) is 4.79 Å². The van der Waals surface area contributed by atoms with E-state index in [1.165, 1.54) is 163 Å². The number of aliphatic hydroxyl groups is 2. The van der Waals surface area contributed by atoms with Gasteiger partial charge in [-0.25, -0.2) is 14.4 Å². The van der Waals surface area contributed by atoms with Crippen LogP contribution in [0.3, 0.4) is 0 Å². The van der Waals surface area contributed by atoms with Crippen molar-refractivity contribution in [3.05, 3.63) is 82.9 Å². The van der Waals surface area contributed by atoms with Crippen LogP contribution in [-0.2, 0) is 85.7 Å². The molecule has 0 unspecified atom stereocenters. The first-order valence-electron chi connectivity index (χ1n) is 42.0. The van der Waals surface area contributed by atoms with E-state index in [2.05, 4.69) is 19.2 Å². The number of fused-ring (bicyclic) bond motifs is 5. The molecule has 0 radical (unpaired) electrons. The standard InChI is InChI=1S/C88H133NO22S2/c1-12-14-16-18-20-22-24-26-28-30-32-34-42-50-70(93)102-58-66(59-103-71(94)51-43-35-33-31-29-27-25-23-21-19-17-15-13-2)106-72(95)52-44-54-112-113-55-45-53-73(96)108-77(75(64-46-38-36-39-47-64)89-83(100)111-84(6,7)8)82(99)107-67-57-88(101)80(109-81(98)65-48-40-37-41-49-65)78-86(11,68(92)56-69-87(78,60-104-69)110-63(5)91)79(97)76(105-62(4)90)74(61(67)3)85(88,9)10/h36-41,46-49,66-69,75-78,80,92,101H,12-35,42-45,50-60H2,1-11H3,(H,89,100)/t67-,68-,69+,75-,76+,77+,78-,80-,86+,87-,88+/m0/s1. The number of carbonyl (C=O) groups is 10. The first kappa shape index (κ1) is 95.3. The molecule has 113 heavy (non-hydrogen) atoms. The Kier molecular flexibility index (Phi) is 40.7. The van der Waals surface area contributed by atoms with E-state index in [9.17, 15) is 48.6 Å². The summed E-state index contributed by atoms with van der Waals surface area (Å²) in [7, 11) is 2.88. The lowest BCUT2D eigenvalue weighted by Gasteiger charge is -2.67. The van der Waals surface area contributed by atoms with Crippen LogP contribution in [0, 0.1) is 16.7 Å². The largest absolute Gasteiger partial charge is 0.462 e. The Morgan fingerprint density at radius 3 is 1.50 bits per heavy atom. The Morgan fingerprint density at radius 2 is 1.05 bits per heavy atom. The highest BCUT2D eigenvalue weighted by Gasteiger charge is 2.78. The van der Waals surface area contributed by atoms with E-state index >= 15 is 9.59 Å². The lowest BCUT2D eigenvalue weighted by atomic mass is 9.44. The summed E-state index contributed by atoms with van der Waals surface area (Å²) in [4.78, 5) is 140. The Balaban J connectivity index is 1.12. The molecule has 2 bridgehead atoms. The third-order valence-corrected chi connectivity index (χ3v) is 25.1. The number of rotatable bonds is 52. The average molecular weight is 1620 g/mol. The first-order valence-corrected chi connectivity index (χ1v) is 44.5. The smallest absolute Gasteiger partial charge is 0.408 e. The number of ketones is 1. The van der Waals surface area contributed by atoms with Crippen molar-refractivity contribution in [1.82, 2.24) is 5.32 Å². The van der Waals surface area contributed by atoms with E-state index in [-0.39, 0.29) is 80.6 Å². The molecule has 1 heterocycles. The fourth-order valence-electron chi connectivity index (χ4n) is 16.2. The lowest BCUT2D eigenvalue weighted by molar-refractivity contribution is -0.346. The van der Waals surface area contributed by atoms with Gasteiger partial charge in [-0.3, -0.25) is 33.6 Å². The summed E-state index contributed by atoms with van der Waals surface area (Å²) in [5.41, 5.74) is -8.99. The molecule has 3 N–H and O–H groups in total. The van der Waals surface area contributed by atoms with Gasteiger partial charge in [-0.15, -0.1) is 0 Å². The summed E-state index contributed by atoms with van der Waals surface area (Å²) < 4.78 is 60.0. The Morgan fingerprint density at radius 1 is 0.593 bits per heavy atom. The predicted molar refractivity (Wildman–Crippen MR) is 433 cm³/mol. The zero-order valence-corrected chi connectivity index (χ0v) is 71.1. The van der Waals surface area contributed by atoms with Crippen LogP contribution in [0.15, 0.2) is 71.8 Å². The number of aliphatic hydroxyl groups excluding tert-OH is 1.